The van der Waals surface area contributed by atoms with Crippen LogP contribution in [0.3, 0.4) is 0 Å². The molecule has 0 atom stereocenters. The first kappa shape index (κ1) is 18.0. The molecule has 1 aromatic heterocycles. The van der Waals surface area contributed by atoms with Crippen LogP contribution in [0.4, 0.5) is 4.39 Å². The number of hydrogen-bond acceptors (Lipinski definition) is 3. The summed E-state index contributed by atoms with van der Waals surface area (Å²) in [5.74, 6) is -0.906. The van der Waals surface area contributed by atoms with E-state index in [0.29, 0.717) is 17.7 Å². The number of ketones is 1. The molecule has 4 nitrogen and oxygen atoms in total. The van der Waals surface area contributed by atoms with Crippen LogP contribution < -0.4 is 4.57 Å². The van der Waals surface area contributed by atoms with Gasteiger partial charge in [0.15, 0.2) is 12.4 Å². The Balaban J connectivity index is 0.00000242. The summed E-state index contributed by atoms with van der Waals surface area (Å²) in [6, 6.07) is 8.59. The van der Waals surface area contributed by atoms with Gasteiger partial charge in [-0.3, -0.25) is 4.79 Å². The van der Waals surface area contributed by atoms with Crippen LogP contribution in [0.25, 0.3) is 0 Å². The smallest absolute Gasteiger partial charge is 0.338 e. The lowest BCUT2D eigenvalue weighted by atomic mass is 10.1. The largest absolute Gasteiger partial charge is 0.462 e. The molecule has 6 heteroatoms. The average molecular weight is 369 g/mol. The first-order valence-electron chi connectivity index (χ1n) is 6.55. The predicted octanol–water partition coefficient (Wildman–Crippen LogP) is 2.75. The third-order valence-electron chi connectivity index (χ3n) is 2.89. The molecule has 0 fully saturated rings. The Hall–Kier alpha value is -2.08. The van der Waals surface area contributed by atoms with Gasteiger partial charge in [-0.05, 0) is 31.2 Å². The molecule has 0 N–H and O–H groups in total. The number of esters is 1. The first-order chi connectivity index (χ1) is 10.1. The maximum Gasteiger partial charge on any atom is 0.338 e. The minimum Gasteiger partial charge on any atom is -0.462 e. The molecule has 1 heterocycles. The van der Waals surface area contributed by atoms with Gasteiger partial charge in [0.05, 0.1) is 12.2 Å². The molecule has 2 rings (SSSR count). The van der Waals surface area contributed by atoms with Crippen LogP contribution in [0, 0.1) is 5.82 Å². The molecule has 0 aliphatic rings. The van der Waals surface area contributed by atoms with Crippen LogP contribution in [0.1, 0.15) is 27.6 Å². The Labute approximate surface area is 138 Å². The van der Waals surface area contributed by atoms with Gasteiger partial charge >= 0.3 is 5.97 Å². The molecule has 0 amide bonds. The highest BCUT2D eigenvalue weighted by molar-refractivity contribution is 8.93. The normalized spacial score (nSPS) is 9.73. The zero-order valence-electron chi connectivity index (χ0n) is 12.0. The van der Waals surface area contributed by atoms with Crippen molar-refractivity contribution in [1.29, 1.82) is 0 Å². The van der Waals surface area contributed by atoms with Crippen LogP contribution in [-0.2, 0) is 11.3 Å². The maximum atomic E-state index is 12.8. The molecule has 22 heavy (non-hydrogen) atoms. The van der Waals surface area contributed by atoms with E-state index in [1.807, 2.05) is 0 Å². The van der Waals surface area contributed by atoms with Gasteiger partial charge in [0.2, 0.25) is 12.3 Å². The van der Waals surface area contributed by atoms with E-state index >= 15 is 0 Å². The highest BCUT2D eigenvalue weighted by Crippen LogP contribution is 2.04. The number of ether oxygens (including phenoxy) is 1. The summed E-state index contributed by atoms with van der Waals surface area (Å²) in [6.07, 6.45) is 3.27. The number of benzene rings is 1. The standard InChI is InChI=1S/C16H15FNO3.BrH/c1-2-21-16(20)13-7-9-18(10-8-13)11-15(19)12-3-5-14(17)6-4-12;/h3-10H,2,11H2,1H3;1H/q+1;. The Kier molecular flexibility index (Phi) is 6.85. The summed E-state index contributed by atoms with van der Waals surface area (Å²) >= 11 is 0. The highest BCUT2D eigenvalue weighted by atomic mass is 79.9. The van der Waals surface area contributed by atoms with Gasteiger partial charge in [0.1, 0.15) is 5.82 Å². The van der Waals surface area contributed by atoms with Gasteiger partial charge in [-0.1, -0.05) is 0 Å². The predicted molar refractivity (Wildman–Crippen MR) is 83.6 cm³/mol. The van der Waals surface area contributed by atoms with E-state index in [9.17, 15) is 14.0 Å². The number of aromatic nitrogens is 1. The Morgan fingerprint density at radius 2 is 1.64 bits per heavy atom. The second-order valence-electron chi connectivity index (χ2n) is 4.41. The summed E-state index contributed by atoms with van der Waals surface area (Å²) in [5, 5.41) is 0. The third kappa shape index (κ3) is 4.73. The van der Waals surface area contributed by atoms with Crippen molar-refractivity contribution in [2.45, 2.75) is 13.5 Å². The number of rotatable bonds is 5. The summed E-state index contributed by atoms with van der Waals surface area (Å²) in [6.45, 7) is 2.17. The Morgan fingerprint density at radius 1 is 1.05 bits per heavy atom. The van der Waals surface area contributed by atoms with Crippen LogP contribution >= 0.6 is 17.0 Å². The average Bonchev–Trinajstić information content (AvgIpc) is 2.49. The van der Waals surface area contributed by atoms with Gasteiger partial charge < -0.3 is 4.74 Å². The second kappa shape index (κ2) is 8.38. The van der Waals surface area contributed by atoms with E-state index in [0.717, 1.165) is 0 Å². The molecule has 2 aromatic rings. The fourth-order valence-electron chi connectivity index (χ4n) is 1.81. The van der Waals surface area contributed by atoms with Crippen LogP contribution in [0.5, 0.6) is 0 Å². The third-order valence-corrected chi connectivity index (χ3v) is 2.89. The van der Waals surface area contributed by atoms with Gasteiger partial charge in [-0.2, -0.15) is 4.57 Å². The van der Waals surface area contributed by atoms with E-state index in [2.05, 4.69) is 0 Å². The first-order valence-corrected chi connectivity index (χ1v) is 6.55. The number of carbonyl (C=O) groups is 2. The lowest BCUT2D eigenvalue weighted by Crippen LogP contribution is -2.37. The fourth-order valence-corrected chi connectivity index (χ4v) is 1.81. The van der Waals surface area contributed by atoms with Crippen LogP contribution in [-0.4, -0.2) is 18.4 Å². The van der Waals surface area contributed by atoms with Gasteiger partial charge in [0.25, 0.3) is 0 Å². The van der Waals surface area contributed by atoms with Crippen molar-refractivity contribution < 1.29 is 23.3 Å². The molecular weight excluding hydrogens is 353 g/mol. The van der Waals surface area contributed by atoms with E-state index in [1.165, 1.54) is 24.3 Å². The topological polar surface area (TPSA) is 47.2 Å². The summed E-state index contributed by atoms with van der Waals surface area (Å²) in [4.78, 5) is 23.5. The lowest BCUT2D eigenvalue weighted by molar-refractivity contribution is -0.683. The van der Waals surface area contributed by atoms with Gasteiger partial charge in [-0.15, -0.1) is 17.0 Å². The molecule has 0 radical (unpaired) electrons. The van der Waals surface area contributed by atoms with E-state index in [4.69, 9.17) is 4.74 Å². The minimum absolute atomic E-state index is 0. The summed E-state index contributed by atoms with van der Waals surface area (Å²) in [5.41, 5.74) is 0.876. The molecule has 0 bridgehead atoms. The molecule has 0 saturated carbocycles. The van der Waals surface area contributed by atoms with Crippen molar-refractivity contribution in [2.24, 2.45) is 0 Å². The number of pyridine rings is 1. The molecule has 0 spiro atoms. The molecule has 0 unspecified atom stereocenters. The van der Waals surface area contributed by atoms with Crippen LogP contribution in [0.2, 0.25) is 0 Å². The molecule has 0 aliphatic carbocycles. The maximum absolute atomic E-state index is 12.8. The minimum atomic E-state index is -0.394. The van der Waals surface area contributed by atoms with Crippen molar-refractivity contribution in [3.63, 3.8) is 0 Å². The number of carbonyl (C=O) groups excluding carboxylic acids is 2. The summed E-state index contributed by atoms with van der Waals surface area (Å²) in [7, 11) is 0. The second-order valence-corrected chi connectivity index (χ2v) is 4.41. The molecule has 0 saturated heterocycles. The molecule has 116 valence electrons. The Bertz CT molecular complexity index is 641. The molecule has 1 aromatic carbocycles. The quantitative estimate of drug-likeness (QED) is 0.463. The van der Waals surface area contributed by atoms with E-state index in [-0.39, 0.29) is 35.1 Å². The fraction of sp³-hybridized carbons (Fsp3) is 0.188. The lowest BCUT2D eigenvalue weighted by Gasteiger charge is -2.01. The highest BCUT2D eigenvalue weighted by Gasteiger charge is 2.14. The number of nitrogens with zero attached hydrogens (tertiary/aromatic N) is 1. The van der Waals surface area contributed by atoms with E-state index in [1.54, 1.807) is 36.0 Å². The van der Waals surface area contributed by atoms with Gasteiger partial charge in [0, 0.05) is 17.7 Å². The monoisotopic (exact) mass is 368 g/mol. The SMILES string of the molecule is Br.CCOC(=O)c1cc[n+](CC(=O)c2ccc(F)cc2)cc1. The number of halogens is 2. The summed E-state index contributed by atoms with van der Waals surface area (Å²) < 4.78 is 19.3. The van der Waals surface area contributed by atoms with Crippen molar-refractivity contribution >= 4 is 28.7 Å². The van der Waals surface area contributed by atoms with Crippen LogP contribution in [0.15, 0.2) is 48.8 Å². The zero-order chi connectivity index (χ0) is 15.2. The zero-order valence-corrected chi connectivity index (χ0v) is 13.7. The molecule has 0 aliphatic heterocycles. The van der Waals surface area contributed by atoms with Crippen molar-refractivity contribution in [2.75, 3.05) is 6.61 Å². The Morgan fingerprint density at radius 3 is 2.18 bits per heavy atom. The molecular formula is C16H16BrFNO3+. The number of hydrogen-bond donors (Lipinski definition) is 0. The van der Waals surface area contributed by atoms with Crippen molar-refractivity contribution in [3.05, 3.63) is 65.7 Å². The van der Waals surface area contributed by atoms with E-state index < -0.39 is 5.97 Å². The van der Waals surface area contributed by atoms with Crippen molar-refractivity contribution in [3.8, 4) is 0 Å². The number of Topliss-reactive ketones (excluding diaryl/α,β-unsaturated/α-hetero) is 1. The van der Waals surface area contributed by atoms with Crippen molar-refractivity contribution in [1.82, 2.24) is 0 Å². The van der Waals surface area contributed by atoms with Gasteiger partial charge in [-0.25, -0.2) is 9.18 Å².